The standard InChI is InChI=1S/C17H26O6.C5H11NO3S/c1-9-5-6-13-10(2)14(19-11(3)18)20-15-17(13)12(9)7-8-16(4,21-15)22-23-17;1-3(7)6-4(2-10)5(8)9/h9-10,12-15H,5-8H2,1-4H3;4-5,8-10H,2H2,1H3,(H,6,7)/t9-,10-,12?,13?,14?,15?,16?,17-;4-/m10/s1. The number of rotatable bonds is 4. The Labute approximate surface area is 199 Å². The van der Waals surface area contributed by atoms with E-state index in [1.54, 1.807) is 0 Å². The predicted octanol–water partition coefficient (Wildman–Crippen LogP) is 1.49. The largest absolute Gasteiger partial charge is 0.436 e. The molecule has 5 rings (SSSR count). The molecule has 1 spiro atoms. The third-order valence-corrected chi connectivity index (χ3v) is 7.72. The average Bonchev–Trinajstić information content (AvgIpc) is 2.96. The third kappa shape index (κ3) is 5.34. The maximum atomic E-state index is 11.4. The summed E-state index contributed by atoms with van der Waals surface area (Å²) in [6.07, 6.45) is 1.24. The highest BCUT2D eigenvalue weighted by Gasteiger charge is 2.69. The minimum absolute atomic E-state index is 0.0415. The molecule has 4 heterocycles. The molecule has 0 aromatic carbocycles. The van der Waals surface area contributed by atoms with Crippen molar-refractivity contribution in [2.75, 3.05) is 5.75 Å². The van der Waals surface area contributed by atoms with Crippen molar-refractivity contribution in [3.63, 3.8) is 0 Å². The number of carbonyl (C=O) groups excluding carboxylic acids is 2. The quantitative estimate of drug-likeness (QED) is 0.200. The highest BCUT2D eigenvalue weighted by atomic mass is 32.1. The van der Waals surface area contributed by atoms with Crippen LogP contribution in [0.25, 0.3) is 0 Å². The van der Waals surface area contributed by atoms with Crippen molar-refractivity contribution in [2.45, 2.75) is 96.6 Å². The van der Waals surface area contributed by atoms with E-state index in [1.807, 2.05) is 6.92 Å². The molecule has 33 heavy (non-hydrogen) atoms. The first-order chi connectivity index (χ1) is 15.4. The molecule has 1 aliphatic carbocycles. The van der Waals surface area contributed by atoms with Crippen molar-refractivity contribution >= 4 is 24.5 Å². The summed E-state index contributed by atoms with van der Waals surface area (Å²) in [5, 5.41) is 19.4. The monoisotopic (exact) mass is 491 g/mol. The first-order valence-electron chi connectivity index (χ1n) is 11.5. The molecular formula is C22H37NO9S. The third-order valence-electron chi connectivity index (χ3n) is 7.32. The Kier molecular flexibility index (Phi) is 8.36. The Morgan fingerprint density at radius 2 is 1.85 bits per heavy atom. The molecule has 11 heteroatoms. The van der Waals surface area contributed by atoms with Crippen LogP contribution in [0.5, 0.6) is 0 Å². The van der Waals surface area contributed by atoms with E-state index in [1.165, 1.54) is 13.8 Å². The minimum Gasteiger partial charge on any atom is -0.436 e. The van der Waals surface area contributed by atoms with Gasteiger partial charge in [0.1, 0.15) is 0 Å². The van der Waals surface area contributed by atoms with Crippen molar-refractivity contribution in [3.8, 4) is 0 Å². The normalized spacial score (nSPS) is 42.3. The van der Waals surface area contributed by atoms with Crippen molar-refractivity contribution < 1.29 is 43.8 Å². The fourth-order valence-electron chi connectivity index (χ4n) is 5.65. The summed E-state index contributed by atoms with van der Waals surface area (Å²) < 4.78 is 17.7. The van der Waals surface area contributed by atoms with Crippen LogP contribution in [0.4, 0.5) is 0 Å². The van der Waals surface area contributed by atoms with E-state index in [-0.39, 0.29) is 29.5 Å². The number of fused-ring (bicyclic) bond motifs is 2. The smallest absolute Gasteiger partial charge is 0.304 e. The van der Waals surface area contributed by atoms with Crippen LogP contribution in [0, 0.1) is 23.7 Å². The number of hydrogen-bond donors (Lipinski definition) is 4. The van der Waals surface area contributed by atoms with Gasteiger partial charge in [0.15, 0.2) is 18.2 Å². The van der Waals surface area contributed by atoms with Gasteiger partial charge >= 0.3 is 5.97 Å². The maximum Gasteiger partial charge on any atom is 0.304 e. The number of esters is 1. The SMILES string of the molecule is CC(=O)N[C@@H](CS)C(O)O.CC(=O)OC1OC2OC3(C)CCC4[C@H](C)CCC([C@H]1C)[C@@]24OO3. The van der Waals surface area contributed by atoms with Crippen LogP contribution in [0.2, 0.25) is 0 Å². The molecule has 1 saturated carbocycles. The van der Waals surface area contributed by atoms with Crippen molar-refractivity contribution in [1.29, 1.82) is 0 Å². The number of hydrogen-bond acceptors (Lipinski definition) is 10. The topological polar surface area (TPSA) is 133 Å². The lowest BCUT2D eigenvalue weighted by Gasteiger charge is -2.59. The summed E-state index contributed by atoms with van der Waals surface area (Å²) in [6, 6.07) is -0.680. The van der Waals surface area contributed by atoms with Crippen LogP contribution in [0.1, 0.15) is 60.3 Å². The fraction of sp³-hybridized carbons (Fsp3) is 0.909. The van der Waals surface area contributed by atoms with Gasteiger partial charge in [-0.2, -0.15) is 12.6 Å². The van der Waals surface area contributed by atoms with Crippen LogP contribution in [-0.4, -0.2) is 64.1 Å². The molecular weight excluding hydrogens is 454 g/mol. The Balaban J connectivity index is 0.000000262. The fourth-order valence-corrected chi connectivity index (χ4v) is 5.93. The molecule has 1 amide bonds. The number of nitrogens with one attached hydrogen (secondary N) is 1. The second-order valence-electron chi connectivity index (χ2n) is 9.79. The van der Waals surface area contributed by atoms with E-state index >= 15 is 0 Å². The van der Waals surface area contributed by atoms with Gasteiger partial charge in [0.25, 0.3) is 0 Å². The summed E-state index contributed by atoms with van der Waals surface area (Å²) >= 11 is 3.79. The Morgan fingerprint density at radius 1 is 1.15 bits per heavy atom. The number of aliphatic hydroxyl groups is 2. The maximum absolute atomic E-state index is 11.4. The van der Waals surface area contributed by atoms with E-state index in [4.69, 9.17) is 34.2 Å². The first kappa shape index (κ1) is 26.7. The summed E-state index contributed by atoms with van der Waals surface area (Å²) in [7, 11) is 0. The molecule has 5 aliphatic rings. The van der Waals surface area contributed by atoms with Gasteiger partial charge in [-0.15, -0.1) is 0 Å². The molecule has 190 valence electrons. The molecule has 0 aromatic heterocycles. The van der Waals surface area contributed by atoms with E-state index in [2.05, 4.69) is 31.8 Å². The van der Waals surface area contributed by atoms with Gasteiger partial charge < -0.3 is 29.7 Å². The molecule has 9 atom stereocenters. The second-order valence-corrected chi connectivity index (χ2v) is 10.2. The van der Waals surface area contributed by atoms with Gasteiger partial charge in [0.05, 0.1) is 6.04 Å². The zero-order valence-corrected chi connectivity index (χ0v) is 20.7. The number of ether oxygens (including phenoxy) is 3. The van der Waals surface area contributed by atoms with Crippen LogP contribution >= 0.6 is 12.6 Å². The number of aliphatic hydroxyl groups excluding tert-OH is 1. The highest BCUT2D eigenvalue weighted by molar-refractivity contribution is 7.80. The lowest BCUT2D eigenvalue weighted by molar-refractivity contribution is -0.576. The first-order valence-corrected chi connectivity index (χ1v) is 12.2. The molecule has 2 bridgehead atoms. The van der Waals surface area contributed by atoms with Crippen LogP contribution < -0.4 is 5.32 Å². The summed E-state index contributed by atoms with van der Waals surface area (Å²) in [5.41, 5.74) is -0.594. The lowest BCUT2D eigenvalue weighted by atomic mass is 9.58. The number of amides is 1. The van der Waals surface area contributed by atoms with Gasteiger partial charge in [-0.1, -0.05) is 13.8 Å². The molecule has 0 aromatic rings. The summed E-state index contributed by atoms with van der Waals surface area (Å²) in [4.78, 5) is 33.5. The average molecular weight is 492 g/mol. The van der Waals surface area contributed by atoms with Gasteiger partial charge in [-0.25, -0.2) is 9.78 Å². The van der Waals surface area contributed by atoms with Crippen LogP contribution in [0.3, 0.4) is 0 Å². The zero-order chi connectivity index (χ0) is 24.6. The van der Waals surface area contributed by atoms with Crippen molar-refractivity contribution in [1.82, 2.24) is 5.32 Å². The molecule has 4 saturated heterocycles. The second kappa shape index (κ2) is 10.3. The van der Waals surface area contributed by atoms with Gasteiger partial charge in [0, 0.05) is 37.9 Å². The number of carbonyl (C=O) groups is 2. The highest BCUT2D eigenvalue weighted by Crippen LogP contribution is 2.60. The van der Waals surface area contributed by atoms with Gasteiger partial charge in [-0.05, 0) is 38.0 Å². The van der Waals surface area contributed by atoms with Gasteiger partial charge in [-0.3, -0.25) is 9.59 Å². The molecule has 3 N–H and O–H groups in total. The van der Waals surface area contributed by atoms with E-state index in [0.29, 0.717) is 11.8 Å². The predicted molar refractivity (Wildman–Crippen MR) is 118 cm³/mol. The molecule has 5 fully saturated rings. The Morgan fingerprint density at radius 3 is 2.39 bits per heavy atom. The molecule has 10 nitrogen and oxygen atoms in total. The van der Waals surface area contributed by atoms with E-state index in [0.717, 1.165) is 25.7 Å². The molecule has 5 unspecified atom stereocenters. The number of thiol groups is 1. The Bertz CT molecular complexity index is 724. The zero-order valence-electron chi connectivity index (χ0n) is 19.9. The van der Waals surface area contributed by atoms with Crippen molar-refractivity contribution in [2.24, 2.45) is 23.7 Å². The van der Waals surface area contributed by atoms with Crippen molar-refractivity contribution in [3.05, 3.63) is 0 Å². The molecule has 0 radical (unpaired) electrons. The Hall–Kier alpha value is -0.950. The summed E-state index contributed by atoms with van der Waals surface area (Å²) in [5.74, 6) is -0.128. The van der Waals surface area contributed by atoms with E-state index in [9.17, 15) is 9.59 Å². The van der Waals surface area contributed by atoms with Crippen LogP contribution in [0.15, 0.2) is 0 Å². The lowest BCUT2D eigenvalue weighted by Crippen LogP contribution is -2.70. The summed E-state index contributed by atoms with van der Waals surface area (Å²) in [6.45, 7) is 8.95. The van der Waals surface area contributed by atoms with Gasteiger partial charge in [0.2, 0.25) is 18.0 Å². The minimum atomic E-state index is -1.54. The van der Waals surface area contributed by atoms with E-state index < -0.39 is 36.3 Å². The van der Waals surface area contributed by atoms with Crippen LogP contribution in [-0.2, 0) is 33.6 Å². The molecule has 4 aliphatic heterocycles.